The van der Waals surface area contributed by atoms with Crippen LogP contribution in [-0.4, -0.2) is 13.5 Å². The van der Waals surface area contributed by atoms with Crippen LogP contribution in [0.15, 0.2) is 42.5 Å². The molecule has 0 saturated heterocycles. The average Bonchev–Trinajstić information content (AvgIpc) is 2.46. The fraction of sp³-hybridized carbons (Fsp3) is 0.200. The van der Waals surface area contributed by atoms with E-state index in [1.807, 2.05) is 0 Å². The zero-order valence-corrected chi connectivity index (χ0v) is 13.5. The zero-order chi connectivity index (χ0) is 16.3. The third-order valence-electron chi connectivity index (χ3n) is 3.01. The molecule has 0 heterocycles. The lowest BCUT2D eigenvalue weighted by molar-refractivity contribution is -0.274. The monoisotopic (exact) mass is 367 g/mol. The molecule has 8 heteroatoms. The summed E-state index contributed by atoms with van der Waals surface area (Å²) in [5.41, 5.74) is 7.47. The molecule has 0 radical (unpaired) electrons. The van der Waals surface area contributed by atoms with E-state index in [1.165, 1.54) is 31.4 Å². The van der Waals surface area contributed by atoms with Crippen molar-refractivity contribution in [3.05, 3.63) is 58.6 Å². The van der Waals surface area contributed by atoms with E-state index in [0.29, 0.717) is 16.3 Å². The van der Waals surface area contributed by atoms with Crippen molar-refractivity contribution in [1.29, 1.82) is 0 Å². The van der Waals surface area contributed by atoms with E-state index in [-0.39, 0.29) is 18.2 Å². The highest BCUT2D eigenvalue weighted by Crippen LogP contribution is 2.30. The lowest BCUT2D eigenvalue weighted by Gasteiger charge is -2.15. The third-order valence-corrected chi connectivity index (χ3v) is 3.32. The van der Waals surface area contributed by atoms with Crippen LogP contribution in [0.3, 0.4) is 0 Å². The molecule has 0 aliphatic rings. The van der Waals surface area contributed by atoms with Gasteiger partial charge in [0.25, 0.3) is 0 Å². The van der Waals surface area contributed by atoms with Gasteiger partial charge in [-0.25, -0.2) is 0 Å². The number of hydrogen-bond acceptors (Lipinski definition) is 3. The highest BCUT2D eigenvalue weighted by Gasteiger charge is 2.31. The molecule has 2 aromatic carbocycles. The van der Waals surface area contributed by atoms with Gasteiger partial charge in [-0.15, -0.1) is 25.6 Å². The Kier molecular flexibility index (Phi) is 6.56. The Balaban J connectivity index is 0.00000264. The normalized spacial score (nSPS) is 12.3. The lowest BCUT2D eigenvalue weighted by atomic mass is 9.99. The lowest BCUT2D eigenvalue weighted by Crippen LogP contribution is -2.17. The van der Waals surface area contributed by atoms with Crippen LogP contribution in [-0.2, 0) is 0 Å². The van der Waals surface area contributed by atoms with Crippen molar-refractivity contribution >= 4 is 24.0 Å². The SMILES string of the molecule is COc1cc([C@@H](N)c2ccc(OC(F)(F)F)cc2)ccc1Cl.Cl. The number of ether oxygens (including phenoxy) is 2. The van der Waals surface area contributed by atoms with Crippen molar-refractivity contribution in [2.75, 3.05) is 7.11 Å². The molecular weight excluding hydrogens is 354 g/mol. The number of halogens is 5. The quantitative estimate of drug-likeness (QED) is 0.850. The maximum atomic E-state index is 12.1. The third kappa shape index (κ3) is 5.20. The molecule has 2 rings (SSSR count). The van der Waals surface area contributed by atoms with Crippen LogP contribution in [0.1, 0.15) is 17.2 Å². The molecule has 3 nitrogen and oxygen atoms in total. The van der Waals surface area contributed by atoms with Gasteiger partial charge in [0, 0.05) is 0 Å². The van der Waals surface area contributed by atoms with Crippen LogP contribution >= 0.6 is 24.0 Å². The van der Waals surface area contributed by atoms with Gasteiger partial charge in [-0.3, -0.25) is 0 Å². The Labute approximate surface area is 142 Å². The molecule has 0 unspecified atom stereocenters. The van der Waals surface area contributed by atoms with Crippen molar-refractivity contribution in [2.45, 2.75) is 12.4 Å². The molecule has 2 N–H and O–H groups in total. The van der Waals surface area contributed by atoms with Crippen LogP contribution in [0.2, 0.25) is 5.02 Å². The number of methoxy groups -OCH3 is 1. The van der Waals surface area contributed by atoms with Gasteiger partial charge in [0.2, 0.25) is 0 Å². The summed E-state index contributed by atoms with van der Waals surface area (Å²) in [6.07, 6.45) is -4.72. The van der Waals surface area contributed by atoms with Crippen LogP contribution in [0.25, 0.3) is 0 Å². The Morgan fingerprint density at radius 3 is 2.13 bits per heavy atom. The predicted octanol–water partition coefficient (Wildman–Crippen LogP) is 4.72. The summed E-state index contributed by atoms with van der Waals surface area (Å²) < 4.78 is 45.3. The topological polar surface area (TPSA) is 44.5 Å². The summed E-state index contributed by atoms with van der Waals surface area (Å²) in [5.74, 6) is 0.184. The summed E-state index contributed by atoms with van der Waals surface area (Å²) >= 11 is 5.94. The second-order valence-corrected chi connectivity index (χ2v) is 4.90. The van der Waals surface area contributed by atoms with Gasteiger partial charge in [0.05, 0.1) is 18.2 Å². The molecule has 0 bridgehead atoms. The number of alkyl halides is 3. The first-order valence-electron chi connectivity index (χ1n) is 6.25. The zero-order valence-electron chi connectivity index (χ0n) is 11.9. The Morgan fingerprint density at radius 2 is 1.61 bits per heavy atom. The predicted molar refractivity (Wildman–Crippen MR) is 84.4 cm³/mol. The van der Waals surface area contributed by atoms with Crippen LogP contribution in [0.4, 0.5) is 13.2 Å². The summed E-state index contributed by atoms with van der Waals surface area (Å²) in [6.45, 7) is 0. The van der Waals surface area contributed by atoms with Crippen LogP contribution < -0.4 is 15.2 Å². The molecule has 1 atom stereocenters. The number of benzene rings is 2. The first-order valence-corrected chi connectivity index (χ1v) is 6.62. The molecule has 126 valence electrons. The fourth-order valence-corrected chi connectivity index (χ4v) is 2.13. The van der Waals surface area contributed by atoms with Gasteiger partial charge < -0.3 is 15.2 Å². The molecular formula is C15H14Cl2F3NO2. The second kappa shape index (κ2) is 7.77. The minimum Gasteiger partial charge on any atom is -0.495 e. The van der Waals surface area contributed by atoms with Crippen LogP contribution in [0, 0.1) is 0 Å². The summed E-state index contributed by atoms with van der Waals surface area (Å²) in [6, 6.07) is 9.94. The largest absolute Gasteiger partial charge is 0.573 e. The molecule has 0 saturated carbocycles. The molecule has 0 fully saturated rings. The minimum atomic E-state index is -4.72. The Hall–Kier alpha value is -1.63. The fourth-order valence-electron chi connectivity index (χ4n) is 1.94. The van der Waals surface area contributed by atoms with E-state index < -0.39 is 12.4 Å². The van der Waals surface area contributed by atoms with Crippen molar-refractivity contribution in [3.8, 4) is 11.5 Å². The highest BCUT2D eigenvalue weighted by atomic mass is 35.5. The second-order valence-electron chi connectivity index (χ2n) is 4.49. The summed E-state index contributed by atoms with van der Waals surface area (Å²) in [5, 5.41) is 0.451. The average molecular weight is 368 g/mol. The van der Waals surface area contributed by atoms with Gasteiger partial charge >= 0.3 is 6.36 Å². The smallest absolute Gasteiger partial charge is 0.495 e. The molecule has 2 aromatic rings. The highest BCUT2D eigenvalue weighted by molar-refractivity contribution is 6.32. The van der Waals surface area contributed by atoms with Gasteiger partial charge in [-0.05, 0) is 35.4 Å². The van der Waals surface area contributed by atoms with Gasteiger partial charge in [-0.1, -0.05) is 29.8 Å². The molecule has 0 amide bonds. The number of nitrogens with two attached hydrogens (primary N) is 1. The first kappa shape index (κ1) is 19.4. The molecule has 0 spiro atoms. The van der Waals surface area contributed by atoms with Crippen molar-refractivity contribution in [3.63, 3.8) is 0 Å². The van der Waals surface area contributed by atoms with E-state index in [4.69, 9.17) is 22.1 Å². The van der Waals surface area contributed by atoms with Crippen molar-refractivity contribution in [2.24, 2.45) is 5.73 Å². The van der Waals surface area contributed by atoms with Gasteiger partial charge in [0.15, 0.2) is 0 Å². The van der Waals surface area contributed by atoms with E-state index >= 15 is 0 Å². The van der Waals surface area contributed by atoms with Crippen molar-refractivity contribution in [1.82, 2.24) is 0 Å². The van der Waals surface area contributed by atoms with E-state index in [2.05, 4.69) is 4.74 Å². The van der Waals surface area contributed by atoms with Crippen LogP contribution in [0.5, 0.6) is 11.5 Å². The molecule has 0 aliphatic carbocycles. The Morgan fingerprint density at radius 1 is 1.04 bits per heavy atom. The maximum absolute atomic E-state index is 12.1. The molecule has 0 aliphatic heterocycles. The van der Waals surface area contributed by atoms with Crippen molar-refractivity contribution < 1.29 is 22.6 Å². The Bertz CT molecular complexity index is 648. The minimum absolute atomic E-state index is 0. The molecule has 0 aromatic heterocycles. The molecule has 23 heavy (non-hydrogen) atoms. The summed E-state index contributed by atoms with van der Waals surface area (Å²) in [7, 11) is 1.49. The maximum Gasteiger partial charge on any atom is 0.573 e. The van der Waals surface area contributed by atoms with Gasteiger partial charge in [-0.2, -0.15) is 0 Å². The number of rotatable bonds is 4. The van der Waals surface area contributed by atoms with E-state index in [9.17, 15) is 13.2 Å². The standard InChI is InChI=1S/C15H13ClF3NO2.ClH/c1-21-13-8-10(4-7-12(13)16)14(20)9-2-5-11(6-3-9)22-15(17,18)19;/h2-8,14H,20H2,1H3;1H/t14-;/m0./s1. The number of hydrogen-bond donors (Lipinski definition) is 1. The van der Waals surface area contributed by atoms with E-state index in [0.717, 1.165) is 5.56 Å². The van der Waals surface area contributed by atoms with E-state index in [1.54, 1.807) is 18.2 Å². The summed E-state index contributed by atoms with van der Waals surface area (Å²) in [4.78, 5) is 0. The first-order chi connectivity index (χ1) is 10.3. The van der Waals surface area contributed by atoms with Gasteiger partial charge in [0.1, 0.15) is 11.5 Å².